The molecule has 2 aromatic heterocycles. The molecule has 3 rings (SSSR count). The third kappa shape index (κ3) is 5.54. The van der Waals surface area contributed by atoms with Crippen molar-refractivity contribution < 1.29 is 27.9 Å². The molecule has 1 aromatic carbocycles. The van der Waals surface area contributed by atoms with Crippen molar-refractivity contribution in [1.82, 2.24) is 19.6 Å². The molecule has 13 heteroatoms. The van der Waals surface area contributed by atoms with Gasteiger partial charge in [0.1, 0.15) is 17.1 Å². The second kappa shape index (κ2) is 8.79. The van der Waals surface area contributed by atoms with E-state index in [9.17, 15) is 22.8 Å². The summed E-state index contributed by atoms with van der Waals surface area (Å²) in [7, 11) is -2.29. The van der Waals surface area contributed by atoms with Crippen LogP contribution in [0.1, 0.15) is 5.69 Å². The fourth-order valence-electron chi connectivity index (χ4n) is 2.53. The Kier molecular flexibility index (Phi) is 6.15. The lowest BCUT2D eigenvalue weighted by atomic mass is 10.3. The first kappa shape index (κ1) is 21.7. The second-order valence-electron chi connectivity index (χ2n) is 6.33. The summed E-state index contributed by atoms with van der Waals surface area (Å²) >= 11 is 0. The van der Waals surface area contributed by atoms with Gasteiger partial charge in [-0.2, -0.15) is 10.2 Å². The van der Waals surface area contributed by atoms with Gasteiger partial charge >= 0.3 is 12.1 Å². The maximum atomic E-state index is 12.8. The minimum atomic E-state index is -4.00. The van der Waals surface area contributed by atoms with E-state index in [1.165, 1.54) is 52.1 Å². The average molecular weight is 447 g/mol. The van der Waals surface area contributed by atoms with Crippen molar-refractivity contribution in [2.75, 3.05) is 11.9 Å². The standard InChI is InChI=1S/C18H17N5O7S/c1-22-9-13(8-19-22)23-6-5-16(24)15(21-23)11-31(28,29)14-4-2-3-12(7-14)20-18(27)30-10-17(25)26/h2-9H,10-11H2,1H3,(H,20,27)(H,25,26). The number of aliphatic carboxylic acids is 1. The third-order valence-electron chi connectivity index (χ3n) is 3.93. The van der Waals surface area contributed by atoms with Gasteiger partial charge in [0.05, 0.1) is 17.3 Å². The van der Waals surface area contributed by atoms with Crippen LogP contribution in [0.4, 0.5) is 10.5 Å². The SMILES string of the molecule is Cn1cc(-n2ccc(=O)c(CS(=O)(=O)c3cccc(NC(=O)OCC(=O)O)c3)n2)cn1. The Hall–Kier alpha value is -4.00. The molecule has 3 aromatic rings. The lowest BCUT2D eigenvalue weighted by molar-refractivity contribution is -0.140. The fourth-order valence-corrected chi connectivity index (χ4v) is 3.85. The summed E-state index contributed by atoms with van der Waals surface area (Å²) in [4.78, 5) is 34.0. The predicted molar refractivity (Wildman–Crippen MR) is 107 cm³/mol. The lowest BCUT2D eigenvalue weighted by Gasteiger charge is -2.09. The van der Waals surface area contributed by atoms with Gasteiger partial charge in [-0.1, -0.05) is 6.07 Å². The van der Waals surface area contributed by atoms with Crippen molar-refractivity contribution in [3.63, 3.8) is 0 Å². The minimum Gasteiger partial charge on any atom is -0.479 e. The Morgan fingerprint density at radius 1 is 1.26 bits per heavy atom. The zero-order chi connectivity index (χ0) is 22.6. The molecule has 12 nitrogen and oxygen atoms in total. The first-order valence-electron chi connectivity index (χ1n) is 8.70. The van der Waals surface area contributed by atoms with Gasteiger partial charge in [0.25, 0.3) is 0 Å². The smallest absolute Gasteiger partial charge is 0.412 e. The molecule has 0 saturated carbocycles. The number of carboxylic acids is 1. The van der Waals surface area contributed by atoms with Gasteiger partial charge in [-0.15, -0.1) is 0 Å². The second-order valence-corrected chi connectivity index (χ2v) is 8.31. The van der Waals surface area contributed by atoms with Crippen molar-refractivity contribution in [1.29, 1.82) is 0 Å². The van der Waals surface area contributed by atoms with Crippen LogP contribution in [0.25, 0.3) is 5.69 Å². The number of carbonyl (C=O) groups excluding carboxylic acids is 1. The van der Waals surface area contributed by atoms with Crippen LogP contribution in [-0.4, -0.2) is 51.8 Å². The number of carbonyl (C=O) groups is 2. The molecule has 0 aliphatic heterocycles. The Bertz CT molecular complexity index is 1300. The molecule has 0 atom stereocenters. The van der Waals surface area contributed by atoms with Crippen molar-refractivity contribution in [2.24, 2.45) is 7.05 Å². The molecule has 0 unspecified atom stereocenters. The number of anilines is 1. The minimum absolute atomic E-state index is 0.0743. The summed E-state index contributed by atoms with van der Waals surface area (Å²) in [5, 5.41) is 18.9. The normalized spacial score (nSPS) is 11.1. The summed E-state index contributed by atoms with van der Waals surface area (Å²) in [6.45, 7) is -0.841. The number of hydrogen-bond donors (Lipinski definition) is 2. The number of ether oxygens (including phenoxy) is 1. The fraction of sp³-hybridized carbons (Fsp3) is 0.167. The number of rotatable bonds is 7. The van der Waals surface area contributed by atoms with E-state index >= 15 is 0 Å². The molecular weight excluding hydrogens is 430 g/mol. The monoisotopic (exact) mass is 447 g/mol. The van der Waals surface area contributed by atoms with E-state index in [-0.39, 0.29) is 16.3 Å². The zero-order valence-electron chi connectivity index (χ0n) is 16.1. The van der Waals surface area contributed by atoms with E-state index in [1.54, 1.807) is 13.2 Å². The number of benzene rings is 1. The third-order valence-corrected chi connectivity index (χ3v) is 5.55. The first-order valence-corrected chi connectivity index (χ1v) is 10.4. The molecule has 0 aliphatic carbocycles. The van der Waals surface area contributed by atoms with Crippen molar-refractivity contribution in [3.8, 4) is 5.69 Å². The first-order chi connectivity index (χ1) is 14.6. The van der Waals surface area contributed by atoms with Crippen LogP contribution < -0.4 is 10.7 Å². The van der Waals surface area contributed by atoms with Gasteiger partial charge in [0.15, 0.2) is 16.4 Å². The molecule has 0 saturated heterocycles. The van der Waals surface area contributed by atoms with Gasteiger partial charge < -0.3 is 9.84 Å². The topological polar surface area (TPSA) is 162 Å². The average Bonchev–Trinajstić information content (AvgIpc) is 3.14. The number of aryl methyl sites for hydroxylation is 1. The van der Waals surface area contributed by atoms with Crippen LogP contribution in [0.15, 0.2) is 58.6 Å². The number of sulfone groups is 1. The van der Waals surface area contributed by atoms with E-state index < -0.39 is 39.7 Å². The van der Waals surface area contributed by atoms with E-state index in [0.29, 0.717) is 5.69 Å². The van der Waals surface area contributed by atoms with E-state index in [2.05, 4.69) is 20.3 Å². The summed E-state index contributed by atoms with van der Waals surface area (Å²) in [5.41, 5.74) is -0.113. The van der Waals surface area contributed by atoms with E-state index in [1.807, 2.05) is 0 Å². The molecular formula is C18H17N5O7S. The number of carboxylic acid groups (broad SMARTS) is 1. The lowest BCUT2D eigenvalue weighted by Crippen LogP contribution is -2.20. The van der Waals surface area contributed by atoms with Crippen LogP contribution in [0.5, 0.6) is 0 Å². The molecule has 2 N–H and O–H groups in total. The van der Waals surface area contributed by atoms with Crippen molar-refractivity contribution in [2.45, 2.75) is 10.6 Å². The molecule has 0 radical (unpaired) electrons. The highest BCUT2D eigenvalue weighted by atomic mass is 32.2. The van der Waals surface area contributed by atoms with Gasteiger partial charge in [0.2, 0.25) is 5.43 Å². The van der Waals surface area contributed by atoms with E-state index in [4.69, 9.17) is 5.11 Å². The number of amides is 1. The molecule has 0 bridgehead atoms. The largest absolute Gasteiger partial charge is 0.479 e. The summed E-state index contributed by atoms with van der Waals surface area (Å²) < 4.78 is 33.0. The summed E-state index contributed by atoms with van der Waals surface area (Å²) in [5.74, 6) is -2.00. The summed E-state index contributed by atoms with van der Waals surface area (Å²) in [6.07, 6.45) is 3.51. The highest BCUT2D eigenvalue weighted by Gasteiger charge is 2.20. The summed E-state index contributed by atoms with van der Waals surface area (Å²) in [6, 6.07) is 6.45. The van der Waals surface area contributed by atoms with Crippen LogP contribution in [-0.2, 0) is 32.2 Å². The molecule has 0 aliphatic rings. The number of hydrogen-bond acceptors (Lipinski definition) is 8. The van der Waals surface area contributed by atoms with Gasteiger partial charge in [-0.3, -0.25) is 14.8 Å². The van der Waals surface area contributed by atoms with Crippen molar-refractivity contribution in [3.05, 3.63) is 64.8 Å². The Balaban J connectivity index is 1.82. The maximum absolute atomic E-state index is 12.8. The molecule has 31 heavy (non-hydrogen) atoms. The number of nitrogens with one attached hydrogen (secondary N) is 1. The molecule has 2 heterocycles. The Morgan fingerprint density at radius 2 is 2.03 bits per heavy atom. The van der Waals surface area contributed by atoms with Gasteiger partial charge in [0, 0.05) is 25.0 Å². The zero-order valence-corrected chi connectivity index (χ0v) is 16.9. The molecule has 0 fully saturated rings. The molecule has 162 valence electrons. The molecule has 0 spiro atoms. The van der Waals surface area contributed by atoms with Crippen LogP contribution in [0.3, 0.4) is 0 Å². The predicted octanol–water partition coefficient (Wildman–Crippen LogP) is 0.573. The van der Waals surface area contributed by atoms with Crippen LogP contribution >= 0.6 is 0 Å². The highest BCUT2D eigenvalue weighted by Crippen LogP contribution is 2.19. The van der Waals surface area contributed by atoms with Crippen LogP contribution in [0, 0.1) is 0 Å². The van der Waals surface area contributed by atoms with Gasteiger partial charge in [-0.25, -0.2) is 22.7 Å². The highest BCUT2D eigenvalue weighted by molar-refractivity contribution is 7.90. The Morgan fingerprint density at radius 3 is 2.71 bits per heavy atom. The Labute approximate surface area is 175 Å². The number of nitrogens with zero attached hydrogens (tertiary/aromatic N) is 4. The van der Waals surface area contributed by atoms with Crippen LogP contribution in [0.2, 0.25) is 0 Å². The molecule has 1 amide bonds. The maximum Gasteiger partial charge on any atom is 0.412 e. The van der Waals surface area contributed by atoms with Gasteiger partial charge in [-0.05, 0) is 18.2 Å². The van der Waals surface area contributed by atoms with Crippen molar-refractivity contribution >= 4 is 27.6 Å². The number of aromatic nitrogens is 4. The van der Waals surface area contributed by atoms with E-state index in [0.717, 1.165) is 0 Å². The quantitative estimate of drug-likeness (QED) is 0.527.